The second kappa shape index (κ2) is 14.2. The monoisotopic (exact) mass is 330 g/mol. The lowest BCUT2D eigenvalue weighted by atomic mass is 9.90. The van der Waals surface area contributed by atoms with Gasteiger partial charge in [0.05, 0.1) is 0 Å². The molecule has 0 aliphatic carbocycles. The fraction of sp³-hybridized carbons (Fsp3) is 0.667. The Hall–Kier alpha value is -1.22. The van der Waals surface area contributed by atoms with Gasteiger partial charge in [-0.25, -0.2) is 0 Å². The van der Waals surface area contributed by atoms with Crippen LogP contribution in [0.3, 0.4) is 0 Å². The summed E-state index contributed by atoms with van der Waals surface area (Å²) in [5.74, 6) is 9.82. The van der Waals surface area contributed by atoms with E-state index >= 15 is 0 Å². The highest BCUT2D eigenvalue weighted by Gasteiger charge is 2.08. The zero-order chi connectivity index (χ0) is 19.3. The van der Waals surface area contributed by atoms with Crippen LogP contribution in [-0.2, 0) is 0 Å². The summed E-state index contributed by atoms with van der Waals surface area (Å²) in [5, 5.41) is 0. The molecular weight excluding hydrogens is 288 g/mol. The molecule has 138 valence electrons. The maximum absolute atomic E-state index is 3.19. The second-order valence-corrected chi connectivity index (χ2v) is 7.57. The first kappa shape index (κ1) is 25.0. The molecule has 0 fully saturated rings. The predicted octanol–water partition coefficient (Wildman–Crippen LogP) is 7.78. The number of hydrogen-bond donors (Lipinski definition) is 0. The Kier molecular flexibility index (Phi) is 14.8. The van der Waals surface area contributed by atoms with Crippen molar-refractivity contribution in [2.75, 3.05) is 0 Å². The zero-order valence-corrected chi connectivity index (χ0v) is 18.2. The van der Waals surface area contributed by atoms with E-state index in [0.717, 1.165) is 17.4 Å². The van der Waals surface area contributed by atoms with Crippen LogP contribution in [0.4, 0.5) is 0 Å². The minimum atomic E-state index is 0.439. The van der Waals surface area contributed by atoms with E-state index in [9.17, 15) is 0 Å². The van der Waals surface area contributed by atoms with Crippen molar-refractivity contribution in [1.29, 1.82) is 0 Å². The first-order valence-corrected chi connectivity index (χ1v) is 9.76. The summed E-state index contributed by atoms with van der Waals surface area (Å²) in [6, 6.07) is 8.66. The van der Waals surface area contributed by atoms with E-state index in [1.807, 2.05) is 13.8 Å². The molecular formula is C24H42. The van der Waals surface area contributed by atoms with Gasteiger partial charge >= 0.3 is 0 Å². The van der Waals surface area contributed by atoms with Gasteiger partial charge in [0.1, 0.15) is 0 Å². The normalized spacial score (nSPS) is 11.3. The van der Waals surface area contributed by atoms with Crippen molar-refractivity contribution in [3.8, 4) is 11.8 Å². The number of rotatable bonds is 3. The molecule has 0 saturated heterocycles. The topological polar surface area (TPSA) is 0 Å². The third-order valence-electron chi connectivity index (χ3n) is 4.27. The van der Waals surface area contributed by atoms with Crippen molar-refractivity contribution in [3.05, 3.63) is 35.4 Å². The van der Waals surface area contributed by atoms with Crippen LogP contribution >= 0.6 is 0 Å². The summed E-state index contributed by atoms with van der Waals surface area (Å²) in [5.41, 5.74) is 2.53. The molecule has 0 saturated carbocycles. The van der Waals surface area contributed by atoms with E-state index in [1.165, 1.54) is 5.56 Å². The SMILES string of the molecule is CC.CC(C)C#Cc1ccc(C(C)C(C)C)cc1.CC(C)C(C)C. The lowest BCUT2D eigenvalue weighted by Crippen LogP contribution is -2.01. The van der Waals surface area contributed by atoms with E-state index in [4.69, 9.17) is 0 Å². The summed E-state index contributed by atoms with van der Waals surface area (Å²) in [4.78, 5) is 0. The summed E-state index contributed by atoms with van der Waals surface area (Å²) in [7, 11) is 0. The fourth-order valence-corrected chi connectivity index (χ4v) is 1.48. The van der Waals surface area contributed by atoms with E-state index in [1.54, 1.807) is 0 Å². The van der Waals surface area contributed by atoms with Gasteiger partial charge in [-0.1, -0.05) is 100 Å². The highest BCUT2D eigenvalue weighted by molar-refractivity contribution is 5.37. The van der Waals surface area contributed by atoms with Crippen LogP contribution in [0, 0.1) is 35.5 Å². The summed E-state index contributed by atoms with van der Waals surface area (Å²) in [6.45, 7) is 24.0. The van der Waals surface area contributed by atoms with Crippen LogP contribution in [0.2, 0.25) is 0 Å². The van der Waals surface area contributed by atoms with Crippen molar-refractivity contribution in [3.63, 3.8) is 0 Å². The minimum absolute atomic E-state index is 0.439. The third kappa shape index (κ3) is 12.2. The minimum Gasteiger partial charge on any atom is -0.0951 e. The van der Waals surface area contributed by atoms with E-state index in [0.29, 0.717) is 17.8 Å². The first-order chi connectivity index (χ1) is 11.1. The summed E-state index contributed by atoms with van der Waals surface area (Å²) < 4.78 is 0. The molecule has 1 aromatic carbocycles. The van der Waals surface area contributed by atoms with Crippen molar-refractivity contribution < 1.29 is 0 Å². The predicted molar refractivity (Wildman–Crippen MR) is 112 cm³/mol. The highest BCUT2D eigenvalue weighted by atomic mass is 14.1. The molecule has 0 aliphatic rings. The van der Waals surface area contributed by atoms with Crippen molar-refractivity contribution in [2.45, 2.75) is 82.1 Å². The molecule has 0 amide bonds. The lowest BCUT2D eigenvalue weighted by Gasteiger charge is -2.15. The molecule has 1 rings (SSSR count). The average molecular weight is 331 g/mol. The third-order valence-corrected chi connectivity index (χ3v) is 4.27. The van der Waals surface area contributed by atoms with Crippen LogP contribution < -0.4 is 0 Å². The molecule has 0 heteroatoms. The van der Waals surface area contributed by atoms with Gasteiger partial charge in [-0.15, -0.1) is 0 Å². The van der Waals surface area contributed by atoms with Gasteiger partial charge in [0.2, 0.25) is 0 Å². The van der Waals surface area contributed by atoms with Gasteiger partial charge in [0.15, 0.2) is 0 Å². The van der Waals surface area contributed by atoms with Crippen LogP contribution in [0.1, 0.15) is 93.2 Å². The fourth-order valence-electron chi connectivity index (χ4n) is 1.48. The standard InChI is InChI=1S/C16H22.C6H14.C2H6/c1-12(2)6-7-15-8-10-16(11-9-15)14(5)13(3)4;1-5(2)6(3)4;1-2/h8-14H,1-5H3;5-6H,1-4H3;1-2H3. The van der Waals surface area contributed by atoms with Gasteiger partial charge in [-0.2, -0.15) is 0 Å². The maximum Gasteiger partial charge on any atom is 0.0245 e. The molecule has 0 spiro atoms. The quantitative estimate of drug-likeness (QED) is 0.496. The molecule has 0 bridgehead atoms. The Morgan fingerprint density at radius 3 is 1.33 bits per heavy atom. The van der Waals surface area contributed by atoms with Gasteiger partial charge in [0.25, 0.3) is 0 Å². The number of benzene rings is 1. The van der Waals surface area contributed by atoms with Crippen molar-refractivity contribution in [1.82, 2.24) is 0 Å². The molecule has 24 heavy (non-hydrogen) atoms. The number of hydrogen-bond acceptors (Lipinski definition) is 0. The molecule has 0 N–H and O–H groups in total. The molecule has 0 heterocycles. The second-order valence-electron chi connectivity index (χ2n) is 7.57. The molecule has 0 aliphatic heterocycles. The van der Waals surface area contributed by atoms with Crippen LogP contribution in [-0.4, -0.2) is 0 Å². The molecule has 1 aromatic rings. The van der Waals surface area contributed by atoms with Crippen LogP contribution in [0.15, 0.2) is 24.3 Å². The molecule has 1 unspecified atom stereocenters. The summed E-state index contributed by atoms with van der Waals surface area (Å²) >= 11 is 0. The Labute approximate surface area is 153 Å². The molecule has 0 radical (unpaired) electrons. The Balaban J connectivity index is 0. The zero-order valence-electron chi connectivity index (χ0n) is 18.2. The largest absolute Gasteiger partial charge is 0.0951 e. The highest BCUT2D eigenvalue weighted by Crippen LogP contribution is 2.23. The van der Waals surface area contributed by atoms with Crippen LogP contribution in [0.5, 0.6) is 0 Å². The smallest absolute Gasteiger partial charge is 0.0245 e. The van der Waals surface area contributed by atoms with Gasteiger partial charge in [-0.05, 0) is 41.4 Å². The van der Waals surface area contributed by atoms with E-state index < -0.39 is 0 Å². The van der Waals surface area contributed by atoms with Crippen molar-refractivity contribution in [2.24, 2.45) is 23.7 Å². The molecule has 0 nitrogen and oxygen atoms in total. The molecule has 1 atom stereocenters. The van der Waals surface area contributed by atoms with E-state index in [-0.39, 0.29) is 0 Å². The summed E-state index contributed by atoms with van der Waals surface area (Å²) in [6.07, 6.45) is 0. The Bertz CT molecular complexity index is 443. The van der Waals surface area contributed by atoms with Gasteiger partial charge < -0.3 is 0 Å². The van der Waals surface area contributed by atoms with Gasteiger partial charge in [-0.3, -0.25) is 0 Å². The maximum atomic E-state index is 3.19. The first-order valence-electron chi connectivity index (χ1n) is 9.76. The van der Waals surface area contributed by atoms with E-state index in [2.05, 4.69) is 98.4 Å². The lowest BCUT2D eigenvalue weighted by molar-refractivity contribution is 0.457. The Morgan fingerprint density at radius 1 is 0.625 bits per heavy atom. The van der Waals surface area contributed by atoms with Crippen LogP contribution in [0.25, 0.3) is 0 Å². The molecule has 0 aromatic heterocycles. The average Bonchev–Trinajstić information content (AvgIpc) is 2.55. The Morgan fingerprint density at radius 2 is 1.04 bits per heavy atom. The van der Waals surface area contributed by atoms with Gasteiger partial charge in [0, 0.05) is 11.5 Å². The van der Waals surface area contributed by atoms with Crippen molar-refractivity contribution >= 4 is 0 Å².